The molecule has 0 aliphatic heterocycles. The lowest BCUT2D eigenvalue weighted by molar-refractivity contribution is 0.629. The summed E-state index contributed by atoms with van der Waals surface area (Å²) in [5.41, 5.74) is 5.43. The first kappa shape index (κ1) is 18.1. The lowest BCUT2D eigenvalue weighted by Crippen LogP contribution is -2.01. The molecule has 0 N–H and O–H groups in total. The van der Waals surface area contributed by atoms with E-state index in [0.717, 1.165) is 37.8 Å². The predicted molar refractivity (Wildman–Crippen MR) is 121 cm³/mol. The number of benzene rings is 3. The lowest BCUT2D eigenvalue weighted by Gasteiger charge is -2.05. The number of halogens is 2. The van der Waals surface area contributed by atoms with Gasteiger partial charge in [-0.2, -0.15) is 0 Å². The molecule has 6 rings (SSSR count). The molecule has 0 spiro atoms. The first-order valence-corrected chi connectivity index (χ1v) is 10.5. The fraction of sp³-hybridized carbons (Fsp3) is 0.0435. The first-order chi connectivity index (χ1) is 15.2. The van der Waals surface area contributed by atoms with Crippen LogP contribution in [0.15, 0.2) is 77.4 Å². The van der Waals surface area contributed by atoms with Gasteiger partial charge in [0.25, 0.3) is 0 Å². The summed E-state index contributed by atoms with van der Waals surface area (Å²) in [5.74, 6) is -0.304. The molecule has 0 saturated carbocycles. The zero-order chi connectivity index (χ0) is 20.9. The summed E-state index contributed by atoms with van der Waals surface area (Å²) in [6.07, 6.45) is 1.88. The maximum atomic E-state index is 14.1. The molecule has 0 aliphatic carbocycles. The predicted octanol–water partition coefficient (Wildman–Crippen LogP) is 5.27. The van der Waals surface area contributed by atoms with E-state index >= 15 is 0 Å². The van der Waals surface area contributed by atoms with Gasteiger partial charge in [0.1, 0.15) is 17.0 Å². The van der Waals surface area contributed by atoms with Crippen LogP contribution in [-0.2, 0) is 6.54 Å². The van der Waals surface area contributed by atoms with Gasteiger partial charge in [0, 0.05) is 9.86 Å². The molecule has 0 bridgehead atoms. The highest BCUT2D eigenvalue weighted by molar-refractivity contribution is 9.10. The Morgan fingerprint density at radius 2 is 1.68 bits per heavy atom. The normalized spacial score (nSPS) is 11.7. The molecule has 0 radical (unpaired) electrons. The number of hydrogen-bond donors (Lipinski definition) is 0. The van der Waals surface area contributed by atoms with Crippen LogP contribution >= 0.6 is 15.9 Å². The Hall–Kier alpha value is -3.65. The molecule has 3 aromatic heterocycles. The fourth-order valence-corrected chi connectivity index (χ4v) is 4.32. The summed E-state index contributed by atoms with van der Waals surface area (Å²) < 4.78 is 18.7. The number of hydrogen-bond acceptors (Lipinski definition) is 4. The molecule has 0 unspecified atom stereocenters. The van der Waals surface area contributed by atoms with Crippen molar-refractivity contribution in [2.45, 2.75) is 6.54 Å². The number of para-hydroxylation sites is 3. The number of fused-ring (bicyclic) bond motifs is 4. The van der Waals surface area contributed by atoms with E-state index in [2.05, 4.69) is 26.2 Å². The molecule has 31 heavy (non-hydrogen) atoms. The molecule has 8 heteroatoms. The largest absolute Gasteiger partial charge is 0.318 e. The summed E-state index contributed by atoms with van der Waals surface area (Å²) >= 11 is 3.55. The van der Waals surface area contributed by atoms with Gasteiger partial charge in [-0.1, -0.05) is 29.5 Å². The van der Waals surface area contributed by atoms with Gasteiger partial charge < -0.3 is 4.57 Å². The zero-order valence-corrected chi connectivity index (χ0v) is 17.7. The van der Waals surface area contributed by atoms with Gasteiger partial charge in [-0.25, -0.2) is 19.0 Å². The molecule has 3 aromatic carbocycles. The Bertz CT molecular complexity index is 1600. The number of rotatable bonds is 3. The van der Waals surface area contributed by atoms with Gasteiger partial charge in [-0.05, 0) is 58.4 Å². The molecule has 0 aliphatic rings. The minimum atomic E-state index is -0.304. The maximum Gasteiger partial charge on any atom is 0.160 e. The van der Waals surface area contributed by atoms with E-state index in [4.69, 9.17) is 9.97 Å². The molecule has 0 atom stereocenters. The SMILES string of the molecule is Fc1ccc2c(c1)c1nc3ccccc3nc1n2Cc1cn(-c2ccccc2Br)nn1. The second-order valence-corrected chi connectivity index (χ2v) is 8.09. The van der Waals surface area contributed by atoms with Crippen molar-refractivity contribution in [3.05, 3.63) is 88.9 Å². The second kappa shape index (κ2) is 6.95. The molecule has 150 valence electrons. The Morgan fingerprint density at radius 3 is 2.52 bits per heavy atom. The average Bonchev–Trinajstić information content (AvgIpc) is 3.36. The van der Waals surface area contributed by atoms with Gasteiger partial charge >= 0.3 is 0 Å². The molecule has 0 amide bonds. The zero-order valence-electron chi connectivity index (χ0n) is 16.1. The highest BCUT2D eigenvalue weighted by Gasteiger charge is 2.17. The molecular formula is C23H14BrFN6. The Labute approximate surface area is 184 Å². The molecule has 3 heterocycles. The Kier molecular flexibility index (Phi) is 4.07. The average molecular weight is 473 g/mol. The van der Waals surface area contributed by atoms with Gasteiger partial charge in [0.05, 0.1) is 35.0 Å². The van der Waals surface area contributed by atoms with E-state index in [1.165, 1.54) is 12.1 Å². The van der Waals surface area contributed by atoms with Crippen molar-refractivity contribution in [3.8, 4) is 5.69 Å². The van der Waals surface area contributed by atoms with Gasteiger partial charge in [0.15, 0.2) is 5.65 Å². The summed E-state index contributed by atoms with van der Waals surface area (Å²) in [6, 6.07) is 20.2. The molecule has 0 saturated heterocycles. The van der Waals surface area contributed by atoms with Crippen LogP contribution in [0, 0.1) is 5.82 Å². The number of nitrogens with zero attached hydrogens (tertiary/aromatic N) is 6. The van der Waals surface area contributed by atoms with Crippen LogP contribution in [0.2, 0.25) is 0 Å². The molecule has 0 fully saturated rings. The van der Waals surface area contributed by atoms with E-state index in [1.54, 1.807) is 10.7 Å². The standard InChI is InChI=1S/C23H14BrFN6/c24-17-5-1-4-8-21(17)31-13-15(28-29-31)12-30-20-10-9-14(25)11-16(20)22-23(30)27-19-7-3-2-6-18(19)26-22/h1-11,13H,12H2. The van der Waals surface area contributed by atoms with Crippen LogP contribution in [0.4, 0.5) is 4.39 Å². The molecule has 6 aromatic rings. The van der Waals surface area contributed by atoms with Crippen LogP contribution in [0.3, 0.4) is 0 Å². The lowest BCUT2D eigenvalue weighted by atomic mass is 10.2. The van der Waals surface area contributed by atoms with Crippen LogP contribution in [0.5, 0.6) is 0 Å². The third kappa shape index (κ3) is 2.98. The van der Waals surface area contributed by atoms with E-state index < -0.39 is 0 Å². The van der Waals surface area contributed by atoms with E-state index in [9.17, 15) is 4.39 Å². The van der Waals surface area contributed by atoms with Crippen LogP contribution in [0.1, 0.15) is 5.69 Å². The van der Waals surface area contributed by atoms with Gasteiger partial charge in [-0.15, -0.1) is 5.10 Å². The van der Waals surface area contributed by atoms with Gasteiger partial charge in [-0.3, -0.25) is 0 Å². The van der Waals surface area contributed by atoms with Crippen LogP contribution in [-0.4, -0.2) is 29.5 Å². The van der Waals surface area contributed by atoms with E-state index in [-0.39, 0.29) is 5.82 Å². The third-order valence-corrected chi connectivity index (χ3v) is 5.94. The van der Waals surface area contributed by atoms with Crippen molar-refractivity contribution < 1.29 is 4.39 Å². The maximum absolute atomic E-state index is 14.1. The summed E-state index contributed by atoms with van der Waals surface area (Å²) in [7, 11) is 0. The van der Waals surface area contributed by atoms with Crippen LogP contribution in [0.25, 0.3) is 38.8 Å². The monoisotopic (exact) mass is 472 g/mol. The molecule has 6 nitrogen and oxygen atoms in total. The van der Waals surface area contributed by atoms with Crippen molar-refractivity contribution in [1.82, 2.24) is 29.5 Å². The van der Waals surface area contributed by atoms with Crippen molar-refractivity contribution in [2.75, 3.05) is 0 Å². The van der Waals surface area contributed by atoms with Crippen molar-refractivity contribution >= 4 is 49.0 Å². The fourth-order valence-electron chi connectivity index (χ4n) is 3.86. The summed E-state index contributed by atoms with van der Waals surface area (Å²) in [6.45, 7) is 0.434. The quantitative estimate of drug-likeness (QED) is 0.352. The Balaban J connectivity index is 1.54. The number of aromatic nitrogens is 6. The van der Waals surface area contributed by atoms with Crippen LogP contribution < -0.4 is 0 Å². The van der Waals surface area contributed by atoms with Crippen molar-refractivity contribution in [3.63, 3.8) is 0 Å². The minimum Gasteiger partial charge on any atom is -0.318 e. The highest BCUT2D eigenvalue weighted by atomic mass is 79.9. The smallest absolute Gasteiger partial charge is 0.160 e. The second-order valence-electron chi connectivity index (χ2n) is 7.24. The summed E-state index contributed by atoms with van der Waals surface area (Å²) in [4.78, 5) is 9.61. The van der Waals surface area contributed by atoms with E-state index in [0.29, 0.717) is 17.7 Å². The van der Waals surface area contributed by atoms with Crippen molar-refractivity contribution in [1.29, 1.82) is 0 Å². The van der Waals surface area contributed by atoms with Gasteiger partial charge in [0.2, 0.25) is 0 Å². The molecular weight excluding hydrogens is 459 g/mol. The third-order valence-electron chi connectivity index (χ3n) is 5.27. The highest BCUT2D eigenvalue weighted by Crippen LogP contribution is 2.29. The summed E-state index contributed by atoms with van der Waals surface area (Å²) in [5, 5.41) is 9.36. The van der Waals surface area contributed by atoms with Crippen molar-refractivity contribution in [2.24, 2.45) is 0 Å². The van der Waals surface area contributed by atoms with E-state index in [1.807, 2.05) is 59.3 Å². The topological polar surface area (TPSA) is 61.4 Å². The first-order valence-electron chi connectivity index (χ1n) is 9.68. The Morgan fingerprint density at radius 1 is 0.903 bits per heavy atom. The minimum absolute atomic E-state index is 0.304.